The Morgan fingerprint density at radius 2 is 1.57 bits per heavy atom. The molecule has 1 aromatic carbocycles. The Morgan fingerprint density at radius 3 is 2.10 bits per heavy atom. The highest BCUT2D eigenvalue weighted by Gasteiger charge is 2.26. The first kappa shape index (κ1) is 15.9. The maximum Gasteiger partial charge on any atom is 0.200 e. The molecular formula is C12H9BrF5N3. The molecule has 0 saturated heterocycles. The summed E-state index contributed by atoms with van der Waals surface area (Å²) in [5.74, 6) is -9.87. The van der Waals surface area contributed by atoms with E-state index in [1.54, 1.807) is 0 Å². The van der Waals surface area contributed by atoms with E-state index in [0.717, 1.165) is 4.68 Å². The molecule has 0 aliphatic carbocycles. The molecule has 2 aromatic rings. The van der Waals surface area contributed by atoms with Gasteiger partial charge in [-0.25, -0.2) is 26.6 Å². The molecule has 0 saturated carbocycles. The van der Waals surface area contributed by atoms with Crippen molar-refractivity contribution in [2.75, 3.05) is 0 Å². The van der Waals surface area contributed by atoms with Crippen LogP contribution in [0.4, 0.5) is 22.0 Å². The molecule has 21 heavy (non-hydrogen) atoms. The van der Waals surface area contributed by atoms with Crippen molar-refractivity contribution >= 4 is 15.9 Å². The highest BCUT2D eigenvalue weighted by atomic mass is 79.9. The van der Waals surface area contributed by atoms with Crippen LogP contribution in [0.2, 0.25) is 0 Å². The van der Waals surface area contributed by atoms with Crippen molar-refractivity contribution in [3.05, 3.63) is 46.5 Å². The zero-order valence-electron chi connectivity index (χ0n) is 10.7. The largest absolute Gasteiger partial charge is 0.248 e. The van der Waals surface area contributed by atoms with E-state index in [1.165, 1.54) is 6.20 Å². The van der Waals surface area contributed by atoms with Gasteiger partial charge in [0.15, 0.2) is 23.3 Å². The van der Waals surface area contributed by atoms with Crippen molar-refractivity contribution in [2.45, 2.75) is 24.7 Å². The Kier molecular flexibility index (Phi) is 4.60. The molecule has 0 aliphatic rings. The molecular weight excluding hydrogens is 361 g/mol. The number of aromatic nitrogens is 3. The molecule has 0 bridgehead atoms. The first-order chi connectivity index (χ1) is 9.86. The van der Waals surface area contributed by atoms with Gasteiger partial charge in [-0.1, -0.05) is 28.1 Å². The Hall–Kier alpha value is -1.51. The van der Waals surface area contributed by atoms with Crippen LogP contribution < -0.4 is 0 Å². The second kappa shape index (κ2) is 6.08. The second-order valence-electron chi connectivity index (χ2n) is 4.27. The summed E-state index contributed by atoms with van der Waals surface area (Å²) in [4.78, 5) is -0.109. The molecule has 2 rings (SSSR count). The lowest BCUT2D eigenvalue weighted by Crippen LogP contribution is -2.11. The van der Waals surface area contributed by atoms with Gasteiger partial charge in [-0.05, 0) is 6.42 Å². The third kappa shape index (κ3) is 2.92. The van der Waals surface area contributed by atoms with Gasteiger partial charge >= 0.3 is 0 Å². The molecule has 1 unspecified atom stereocenters. The molecule has 0 radical (unpaired) electrons. The fourth-order valence-corrected chi connectivity index (χ4v) is 1.90. The van der Waals surface area contributed by atoms with Gasteiger partial charge in [0.1, 0.15) is 0 Å². The Labute approximate surface area is 124 Å². The van der Waals surface area contributed by atoms with E-state index >= 15 is 0 Å². The average Bonchev–Trinajstić information content (AvgIpc) is 2.95. The van der Waals surface area contributed by atoms with Crippen molar-refractivity contribution in [3.63, 3.8) is 0 Å². The van der Waals surface area contributed by atoms with Gasteiger partial charge in [-0.2, -0.15) is 0 Å². The van der Waals surface area contributed by atoms with Crippen molar-refractivity contribution in [3.8, 4) is 0 Å². The minimum atomic E-state index is -2.18. The summed E-state index contributed by atoms with van der Waals surface area (Å²) in [6.45, 7) is 1.27. The van der Waals surface area contributed by atoms with Crippen LogP contribution in [0.25, 0.3) is 0 Å². The van der Waals surface area contributed by atoms with E-state index in [4.69, 9.17) is 0 Å². The molecule has 0 spiro atoms. The molecule has 0 N–H and O–H groups in total. The monoisotopic (exact) mass is 369 g/mol. The van der Waals surface area contributed by atoms with Gasteiger partial charge in [0.25, 0.3) is 0 Å². The normalized spacial score (nSPS) is 12.7. The zero-order valence-corrected chi connectivity index (χ0v) is 12.3. The van der Waals surface area contributed by atoms with Gasteiger partial charge < -0.3 is 0 Å². The van der Waals surface area contributed by atoms with Crippen LogP contribution in [0.1, 0.15) is 29.4 Å². The van der Waals surface area contributed by atoms with E-state index in [9.17, 15) is 22.0 Å². The van der Waals surface area contributed by atoms with E-state index in [-0.39, 0.29) is 4.83 Å². The number of nitrogens with zero attached hydrogens (tertiary/aromatic N) is 3. The minimum Gasteiger partial charge on any atom is -0.248 e. The van der Waals surface area contributed by atoms with Crippen LogP contribution in [-0.2, 0) is 6.54 Å². The van der Waals surface area contributed by atoms with Crippen LogP contribution in [0.3, 0.4) is 0 Å². The van der Waals surface area contributed by atoms with Crippen molar-refractivity contribution in [1.29, 1.82) is 0 Å². The smallest absolute Gasteiger partial charge is 0.200 e. The maximum atomic E-state index is 13.5. The van der Waals surface area contributed by atoms with Crippen LogP contribution in [-0.4, -0.2) is 15.0 Å². The van der Waals surface area contributed by atoms with Crippen molar-refractivity contribution in [1.82, 2.24) is 15.0 Å². The summed E-state index contributed by atoms with van der Waals surface area (Å²) in [7, 11) is 0. The topological polar surface area (TPSA) is 30.7 Å². The standard InChI is InChI=1S/C12H9BrF5N3/c1-2-6(13)7-4-21(20-19-7)3-5-8(14)10(16)12(18)11(17)9(5)15/h4,6H,2-3H2,1H3. The molecule has 0 fully saturated rings. The number of rotatable bonds is 4. The predicted molar refractivity (Wildman–Crippen MR) is 67.3 cm³/mol. The first-order valence-corrected chi connectivity index (χ1v) is 6.82. The molecule has 0 amide bonds. The SMILES string of the molecule is CCC(Br)c1cn(Cc2c(F)c(F)c(F)c(F)c2F)nn1. The summed E-state index contributed by atoms with van der Waals surface area (Å²) in [5.41, 5.74) is -0.452. The highest BCUT2D eigenvalue weighted by Crippen LogP contribution is 2.25. The third-order valence-corrected chi connectivity index (χ3v) is 3.97. The molecule has 1 atom stereocenters. The fraction of sp³-hybridized carbons (Fsp3) is 0.333. The lowest BCUT2D eigenvalue weighted by atomic mass is 10.1. The third-order valence-electron chi connectivity index (χ3n) is 2.86. The molecule has 1 heterocycles. The number of hydrogen-bond acceptors (Lipinski definition) is 2. The Morgan fingerprint density at radius 1 is 1.05 bits per heavy atom. The van der Waals surface area contributed by atoms with E-state index in [0.29, 0.717) is 12.1 Å². The van der Waals surface area contributed by atoms with Crippen molar-refractivity contribution < 1.29 is 22.0 Å². The van der Waals surface area contributed by atoms with E-state index in [1.807, 2.05) is 6.92 Å². The lowest BCUT2D eigenvalue weighted by molar-refractivity contribution is 0.366. The van der Waals surface area contributed by atoms with Crippen LogP contribution in [0.5, 0.6) is 0 Å². The molecule has 9 heteroatoms. The van der Waals surface area contributed by atoms with E-state index < -0.39 is 41.2 Å². The van der Waals surface area contributed by atoms with Crippen LogP contribution in [0, 0.1) is 29.1 Å². The first-order valence-electron chi connectivity index (χ1n) is 5.91. The summed E-state index contributed by atoms with van der Waals surface area (Å²) < 4.78 is 67.2. The number of halogens is 6. The lowest BCUT2D eigenvalue weighted by Gasteiger charge is -2.07. The summed E-state index contributed by atoms with van der Waals surface area (Å²) in [5, 5.41) is 7.37. The van der Waals surface area contributed by atoms with E-state index in [2.05, 4.69) is 26.2 Å². The number of hydrogen-bond donors (Lipinski definition) is 0. The van der Waals surface area contributed by atoms with Crippen LogP contribution in [0.15, 0.2) is 6.20 Å². The van der Waals surface area contributed by atoms with Gasteiger partial charge in [0.05, 0.1) is 22.6 Å². The summed E-state index contributed by atoms with van der Waals surface area (Å²) >= 11 is 3.31. The van der Waals surface area contributed by atoms with Gasteiger partial charge in [0.2, 0.25) is 5.82 Å². The minimum absolute atomic E-state index is 0.109. The van der Waals surface area contributed by atoms with Gasteiger partial charge in [0, 0.05) is 6.20 Å². The Balaban J connectivity index is 2.38. The van der Waals surface area contributed by atoms with Crippen LogP contribution >= 0.6 is 15.9 Å². The quantitative estimate of drug-likeness (QED) is 0.354. The summed E-state index contributed by atoms with van der Waals surface area (Å²) in [6, 6.07) is 0. The number of benzene rings is 1. The Bertz CT molecular complexity index is 644. The molecule has 3 nitrogen and oxygen atoms in total. The zero-order chi connectivity index (χ0) is 15.7. The van der Waals surface area contributed by atoms with Gasteiger partial charge in [-0.3, -0.25) is 0 Å². The highest BCUT2D eigenvalue weighted by molar-refractivity contribution is 9.09. The summed E-state index contributed by atoms with van der Waals surface area (Å²) in [6.07, 6.45) is 2.07. The maximum absolute atomic E-state index is 13.5. The fourth-order valence-electron chi connectivity index (χ4n) is 1.69. The molecule has 1 aromatic heterocycles. The molecule has 114 valence electrons. The second-order valence-corrected chi connectivity index (χ2v) is 5.37. The van der Waals surface area contributed by atoms with Gasteiger partial charge in [-0.15, -0.1) is 5.10 Å². The number of alkyl halides is 1. The van der Waals surface area contributed by atoms with Crippen molar-refractivity contribution in [2.24, 2.45) is 0 Å². The predicted octanol–water partition coefficient (Wildman–Crippen LogP) is 3.87. The molecule has 0 aliphatic heterocycles. The average molecular weight is 370 g/mol.